The van der Waals surface area contributed by atoms with Crippen LogP contribution in [-0.4, -0.2) is 19.6 Å². The molecular formula is C12H19Cl3N2. The molecule has 1 heterocycles. The molecule has 1 aromatic carbocycles. The van der Waals surface area contributed by atoms with Gasteiger partial charge >= 0.3 is 0 Å². The molecule has 2 nitrogen and oxygen atoms in total. The second kappa shape index (κ2) is 7.45. The Morgan fingerprint density at radius 3 is 2.12 bits per heavy atom. The number of halogens is 3. The summed E-state index contributed by atoms with van der Waals surface area (Å²) in [6, 6.07) is 8.13. The molecule has 0 saturated carbocycles. The number of rotatable bonds is 2. The molecule has 5 heteroatoms. The third kappa shape index (κ3) is 3.73. The van der Waals surface area contributed by atoms with Gasteiger partial charge in [0, 0.05) is 17.0 Å². The highest BCUT2D eigenvalue weighted by molar-refractivity contribution is 6.30. The van der Waals surface area contributed by atoms with Crippen molar-refractivity contribution in [3.05, 3.63) is 34.9 Å². The van der Waals surface area contributed by atoms with Crippen molar-refractivity contribution in [3.63, 3.8) is 0 Å². The first-order valence-electron chi connectivity index (χ1n) is 5.44. The summed E-state index contributed by atoms with van der Waals surface area (Å²) in [5.74, 6) is 0. The van der Waals surface area contributed by atoms with Crippen LogP contribution in [0.2, 0.25) is 5.02 Å². The van der Waals surface area contributed by atoms with Gasteiger partial charge in [-0.15, -0.1) is 24.8 Å². The lowest BCUT2D eigenvalue weighted by Gasteiger charge is -2.37. The van der Waals surface area contributed by atoms with Crippen molar-refractivity contribution in [1.29, 1.82) is 0 Å². The first-order chi connectivity index (χ1) is 7.27. The van der Waals surface area contributed by atoms with E-state index in [-0.39, 0.29) is 30.2 Å². The maximum absolute atomic E-state index is 5.95. The highest BCUT2D eigenvalue weighted by Crippen LogP contribution is 2.32. The topological polar surface area (TPSA) is 38.0 Å². The fraction of sp³-hybridized carbons (Fsp3) is 0.500. The maximum atomic E-state index is 5.95. The molecule has 0 unspecified atom stereocenters. The Kier molecular flexibility index (Phi) is 7.45. The zero-order valence-electron chi connectivity index (χ0n) is 9.62. The average molecular weight is 298 g/mol. The Bertz CT molecular complexity index is 321. The van der Waals surface area contributed by atoms with Gasteiger partial charge in [0.25, 0.3) is 0 Å². The van der Waals surface area contributed by atoms with Gasteiger partial charge in [0.15, 0.2) is 0 Å². The smallest absolute Gasteiger partial charge is 0.0406 e. The van der Waals surface area contributed by atoms with Crippen LogP contribution < -0.4 is 11.1 Å². The zero-order chi connectivity index (χ0) is 10.7. The molecular weight excluding hydrogens is 279 g/mol. The molecule has 17 heavy (non-hydrogen) atoms. The minimum Gasteiger partial charge on any atom is -0.330 e. The van der Waals surface area contributed by atoms with E-state index < -0.39 is 0 Å². The molecule has 2 rings (SSSR count). The van der Waals surface area contributed by atoms with Gasteiger partial charge in [0.2, 0.25) is 0 Å². The molecule has 0 atom stereocenters. The van der Waals surface area contributed by atoms with E-state index in [1.807, 2.05) is 12.1 Å². The Balaban J connectivity index is 0.00000128. The van der Waals surface area contributed by atoms with E-state index in [2.05, 4.69) is 17.4 Å². The van der Waals surface area contributed by atoms with Crippen LogP contribution >= 0.6 is 36.4 Å². The van der Waals surface area contributed by atoms with Gasteiger partial charge in [0.05, 0.1) is 0 Å². The Hall–Kier alpha value is 0.01000. The molecule has 1 aromatic rings. The fourth-order valence-electron chi connectivity index (χ4n) is 2.32. The number of hydrogen-bond donors (Lipinski definition) is 2. The summed E-state index contributed by atoms with van der Waals surface area (Å²) in [7, 11) is 0. The number of nitrogens with one attached hydrogen (secondary N) is 1. The van der Waals surface area contributed by atoms with Crippen LogP contribution in [0.4, 0.5) is 0 Å². The van der Waals surface area contributed by atoms with Gasteiger partial charge in [-0.3, -0.25) is 0 Å². The van der Waals surface area contributed by atoms with Crippen LogP contribution in [-0.2, 0) is 5.41 Å². The van der Waals surface area contributed by atoms with Gasteiger partial charge in [0.1, 0.15) is 0 Å². The monoisotopic (exact) mass is 296 g/mol. The lowest BCUT2D eigenvalue weighted by atomic mass is 9.73. The highest BCUT2D eigenvalue weighted by atomic mass is 35.5. The Morgan fingerprint density at radius 2 is 1.65 bits per heavy atom. The summed E-state index contributed by atoms with van der Waals surface area (Å²) in [5.41, 5.74) is 7.44. The Labute approximate surface area is 120 Å². The molecule has 1 saturated heterocycles. The normalized spacial score (nSPS) is 17.8. The Morgan fingerprint density at radius 1 is 1.12 bits per heavy atom. The van der Waals surface area contributed by atoms with E-state index in [4.69, 9.17) is 17.3 Å². The van der Waals surface area contributed by atoms with Crippen molar-refractivity contribution in [2.45, 2.75) is 18.3 Å². The summed E-state index contributed by atoms with van der Waals surface area (Å²) < 4.78 is 0. The van der Waals surface area contributed by atoms with Gasteiger partial charge in [-0.2, -0.15) is 0 Å². The van der Waals surface area contributed by atoms with E-state index in [1.165, 1.54) is 5.56 Å². The van der Waals surface area contributed by atoms with E-state index >= 15 is 0 Å². The quantitative estimate of drug-likeness (QED) is 0.881. The fourth-order valence-corrected chi connectivity index (χ4v) is 2.45. The van der Waals surface area contributed by atoms with Crippen LogP contribution in [0, 0.1) is 0 Å². The second-order valence-corrected chi connectivity index (χ2v) is 4.68. The van der Waals surface area contributed by atoms with Crippen molar-refractivity contribution in [3.8, 4) is 0 Å². The molecule has 1 aliphatic heterocycles. The average Bonchev–Trinajstić information content (AvgIpc) is 2.31. The lowest BCUT2D eigenvalue weighted by molar-refractivity contribution is 0.315. The standard InChI is InChI=1S/C12H17ClN2.2ClH/c13-11-3-1-10(2-4-11)12(9-14)5-7-15-8-6-12;;/h1-4,15H,5-9,14H2;2*1H. The number of hydrogen-bond acceptors (Lipinski definition) is 2. The maximum Gasteiger partial charge on any atom is 0.0406 e. The number of piperidine rings is 1. The number of nitrogens with two attached hydrogens (primary N) is 1. The second-order valence-electron chi connectivity index (χ2n) is 4.24. The van der Waals surface area contributed by atoms with Gasteiger partial charge in [-0.05, 0) is 43.6 Å². The van der Waals surface area contributed by atoms with Crippen molar-refractivity contribution in [2.24, 2.45) is 5.73 Å². The van der Waals surface area contributed by atoms with E-state index in [0.717, 1.165) is 37.5 Å². The summed E-state index contributed by atoms with van der Waals surface area (Å²) in [4.78, 5) is 0. The van der Waals surface area contributed by atoms with Crippen molar-refractivity contribution < 1.29 is 0 Å². The molecule has 0 spiro atoms. The summed E-state index contributed by atoms with van der Waals surface area (Å²) in [5, 5.41) is 4.16. The van der Waals surface area contributed by atoms with Gasteiger partial charge in [-0.1, -0.05) is 23.7 Å². The molecule has 98 valence electrons. The summed E-state index contributed by atoms with van der Waals surface area (Å²) >= 11 is 5.90. The molecule has 0 amide bonds. The van der Waals surface area contributed by atoms with Crippen LogP contribution in [0.25, 0.3) is 0 Å². The predicted molar refractivity (Wildman–Crippen MR) is 78.8 cm³/mol. The molecule has 3 N–H and O–H groups in total. The van der Waals surface area contributed by atoms with E-state index in [1.54, 1.807) is 0 Å². The van der Waals surface area contributed by atoms with Gasteiger partial charge < -0.3 is 11.1 Å². The molecule has 1 fully saturated rings. The van der Waals surface area contributed by atoms with Crippen molar-refractivity contribution in [2.75, 3.05) is 19.6 Å². The molecule has 1 aliphatic rings. The van der Waals surface area contributed by atoms with Crippen LogP contribution in [0.1, 0.15) is 18.4 Å². The molecule has 0 aliphatic carbocycles. The third-order valence-corrected chi connectivity index (χ3v) is 3.66. The van der Waals surface area contributed by atoms with Crippen molar-refractivity contribution >= 4 is 36.4 Å². The minimum atomic E-state index is 0. The third-order valence-electron chi connectivity index (χ3n) is 3.41. The lowest BCUT2D eigenvalue weighted by Crippen LogP contribution is -2.44. The first kappa shape index (κ1) is 17.0. The van der Waals surface area contributed by atoms with E-state index in [0.29, 0.717) is 0 Å². The predicted octanol–water partition coefficient (Wildman–Crippen LogP) is 2.76. The van der Waals surface area contributed by atoms with Gasteiger partial charge in [-0.25, -0.2) is 0 Å². The molecule has 0 bridgehead atoms. The van der Waals surface area contributed by atoms with Crippen LogP contribution in [0.5, 0.6) is 0 Å². The van der Waals surface area contributed by atoms with Crippen molar-refractivity contribution in [1.82, 2.24) is 5.32 Å². The molecule has 0 radical (unpaired) electrons. The first-order valence-corrected chi connectivity index (χ1v) is 5.81. The highest BCUT2D eigenvalue weighted by Gasteiger charge is 2.32. The minimum absolute atomic E-state index is 0. The SMILES string of the molecule is Cl.Cl.NCC1(c2ccc(Cl)cc2)CCNCC1. The summed E-state index contributed by atoms with van der Waals surface area (Å²) in [6.45, 7) is 2.83. The molecule has 0 aromatic heterocycles. The van der Waals surface area contributed by atoms with Crippen LogP contribution in [0.15, 0.2) is 24.3 Å². The van der Waals surface area contributed by atoms with E-state index in [9.17, 15) is 0 Å². The zero-order valence-corrected chi connectivity index (χ0v) is 12.0. The number of benzene rings is 1. The summed E-state index contributed by atoms with van der Waals surface area (Å²) in [6.07, 6.45) is 2.23. The largest absolute Gasteiger partial charge is 0.330 e. The van der Waals surface area contributed by atoms with Crippen LogP contribution in [0.3, 0.4) is 0 Å².